The van der Waals surface area contributed by atoms with E-state index in [1.165, 1.54) is 6.07 Å². The smallest absolute Gasteiger partial charge is 0.325 e. The van der Waals surface area contributed by atoms with Crippen LogP contribution in [-0.2, 0) is 11.0 Å². The second kappa shape index (κ2) is 9.54. The van der Waals surface area contributed by atoms with Crippen molar-refractivity contribution in [2.45, 2.75) is 32.0 Å². The molecule has 1 aliphatic rings. The lowest BCUT2D eigenvalue weighted by atomic mass is 9.88. The van der Waals surface area contributed by atoms with E-state index in [1.54, 1.807) is 11.8 Å². The highest BCUT2D eigenvalue weighted by Gasteiger charge is 2.34. The van der Waals surface area contributed by atoms with Crippen LogP contribution in [0.2, 0.25) is 5.02 Å². The number of benzene rings is 2. The number of hydrogen-bond donors (Lipinski definition) is 1. The number of piperidine rings is 1. The number of nitrogens with zero attached hydrogens (tertiary/aromatic N) is 1. The predicted molar refractivity (Wildman–Crippen MR) is 110 cm³/mol. The quantitative estimate of drug-likeness (QED) is 0.456. The number of ketones is 1. The third-order valence-electron chi connectivity index (χ3n) is 5.56. The van der Waals surface area contributed by atoms with Gasteiger partial charge in [-0.2, -0.15) is 13.2 Å². The highest BCUT2D eigenvalue weighted by atomic mass is 35.5. The minimum Gasteiger partial charge on any atom is -0.325 e. The molecule has 0 saturated carbocycles. The van der Waals surface area contributed by atoms with E-state index < -0.39 is 52.0 Å². The van der Waals surface area contributed by atoms with Gasteiger partial charge in [0.25, 0.3) is 0 Å². The van der Waals surface area contributed by atoms with E-state index in [0.717, 1.165) is 30.3 Å². The topological polar surface area (TPSA) is 49.4 Å². The van der Waals surface area contributed by atoms with Gasteiger partial charge < -0.3 is 5.32 Å². The second-order valence-corrected chi connectivity index (χ2v) is 8.06. The molecule has 0 bridgehead atoms. The summed E-state index contributed by atoms with van der Waals surface area (Å²) in [5, 5.41) is 1.99. The summed E-state index contributed by atoms with van der Waals surface area (Å²) in [6.07, 6.45) is -3.98. The van der Waals surface area contributed by atoms with Crippen molar-refractivity contribution >= 4 is 29.0 Å². The summed E-state index contributed by atoms with van der Waals surface area (Å²) in [5.74, 6) is -2.99. The molecule has 0 aromatic heterocycles. The van der Waals surface area contributed by atoms with Gasteiger partial charge in [-0.3, -0.25) is 14.5 Å². The average Bonchev–Trinajstić information content (AvgIpc) is 2.75. The molecule has 3 rings (SSSR count). The van der Waals surface area contributed by atoms with Crippen LogP contribution in [-0.4, -0.2) is 35.7 Å². The van der Waals surface area contributed by atoms with Crippen LogP contribution < -0.4 is 5.32 Å². The molecular formula is C22H20ClF5N2O2. The lowest BCUT2D eigenvalue weighted by Crippen LogP contribution is -2.47. The number of anilines is 1. The van der Waals surface area contributed by atoms with Gasteiger partial charge in [0, 0.05) is 11.6 Å². The first-order valence-electron chi connectivity index (χ1n) is 9.88. The Morgan fingerprint density at radius 3 is 2.38 bits per heavy atom. The maximum Gasteiger partial charge on any atom is 0.417 e. The molecule has 0 aliphatic carbocycles. The molecule has 10 heteroatoms. The predicted octanol–water partition coefficient (Wildman–Crippen LogP) is 5.56. The van der Waals surface area contributed by atoms with Gasteiger partial charge in [0.2, 0.25) is 5.91 Å². The van der Waals surface area contributed by atoms with Crippen LogP contribution in [0.4, 0.5) is 27.6 Å². The summed E-state index contributed by atoms with van der Waals surface area (Å²) in [7, 11) is 0. The number of halogens is 6. The minimum absolute atomic E-state index is 0.0368. The number of alkyl halides is 3. The van der Waals surface area contributed by atoms with Crippen LogP contribution in [0.5, 0.6) is 0 Å². The molecule has 1 heterocycles. The molecular weight excluding hydrogens is 455 g/mol. The number of amides is 1. The Labute approximate surface area is 186 Å². The zero-order valence-electron chi connectivity index (χ0n) is 17.0. The van der Waals surface area contributed by atoms with Crippen molar-refractivity contribution in [3.05, 3.63) is 64.2 Å². The van der Waals surface area contributed by atoms with Crippen LogP contribution >= 0.6 is 11.6 Å². The van der Waals surface area contributed by atoms with Crippen molar-refractivity contribution in [1.82, 2.24) is 4.90 Å². The van der Waals surface area contributed by atoms with Crippen molar-refractivity contribution in [3.63, 3.8) is 0 Å². The van der Waals surface area contributed by atoms with E-state index in [2.05, 4.69) is 5.32 Å². The lowest BCUT2D eigenvalue weighted by Gasteiger charge is -2.34. The largest absolute Gasteiger partial charge is 0.417 e. The van der Waals surface area contributed by atoms with Crippen LogP contribution in [0.1, 0.15) is 35.7 Å². The molecule has 2 aromatic rings. The van der Waals surface area contributed by atoms with E-state index in [4.69, 9.17) is 11.6 Å². The first kappa shape index (κ1) is 24.1. The SMILES string of the molecule is CC(C(=O)Nc1ccc(Cl)c(C(F)(F)F)c1)N1CCC(C(=O)c2cc(F)ccc2F)CC1. The van der Waals surface area contributed by atoms with Gasteiger partial charge in [-0.1, -0.05) is 11.6 Å². The third-order valence-corrected chi connectivity index (χ3v) is 5.89. The van der Waals surface area contributed by atoms with E-state index >= 15 is 0 Å². The summed E-state index contributed by atoms with van der Waals surface area (Å²) in [6.45, 7) is 2.29. The summed E-state index contributed by atoms with van der Waals surface area (Å²) < 4.78 is 66.3. The molecule has 1 N–H and O–H groups in total. The molecule has 1 atom stereocenters. The van der Waals surface area contributed by atoms with Crippen LogP contribution in [0.25, 0.3) is 0 Å². The standard InChI is InChI=1S/C22H20ClF5N2O2/c1-12(21(32)29-15-3-4-18(23)17(11-15)22(26,27)28)30-8-6-13(7-9-30)20(31)16-10-14(24)2-5-19(16)25/h2-5,10-13H,6-9H2,1H3,(H,29,32). The molecule has 1 fully saturated rings. The number of hydrogen-bond acceptors (Lipinski definition) is 3. The summed E-state index contributed by atoms with van der Waals surface area (Å²) >= 11 is 5.59. The fourth-order valence-corrected chi connectivity index (χ4v) is 3.91. The Hall–Kier alpha value is -2.52. The Balaban J connectivity index is 1.60. The Morgan fingerprint density at radius 2 is 1.75 bits per heavy atom. The second-order valence-electron chi connectivity index (χ2n) is 7.66. The van der Waals surface area contributed by atoms with Gasteiger partial charge in [-0.15, -0.1) is 0 Å². The number of nitrogens with one attached hydrogen (secondary N) is 1. The van der Waals surface area contributed by atoms with E-state index in [9.17, 15) is 31.5 Å². The molecule has 1 amide bonds. The van der Waals surface area contributed by atoms with Crippen molar-refractivity contribution in [1.29, 1.82) is 0 Å². The lowest BCUT2D eigenvalue weighted by molar-refractivity contribution is -0.137. The maximum absolute atomic E-state index is 13.9. The van der Waals surface area contributed by atoms with E-state index in [0.29, 0.717) is 25.9 Å². The zero-order chi connectivity index (χ0) is 23.6. The summed E-state index contributed by atoms with van der Waals surface area (Å²) in [4.78, 5) is 26.9. The molecule has 4 nitrogen and oxygen atoms in total. The summed E-state index contributed by atoms with van der Waals surface area (Å²) in [6, 6.07) is 5.15. The molecule has 1 aliphatic heterocycles. The normalized spacial score (nSPS) is 16.6. The van der Waals surface area contributed by atoms with Crippen LogP contribution in [0.15, 0.2) is 36.4 Å². The third kappa shape index (κ3) is 5.45. The van der Waals surface area contributed by atoms with Crippen molar-refractivity contribution in [2.75, 3.05) is 18.4 Å². The molecule has 0 radical (unpaired) electrons. The van der Waals surface area contributed by atoms with Crippen molar-refractivity contribution < 1.29 is 31.5 Å². The summed E-state index contributed by atoms with van der Waals surface area (Å²) in [5.41, 5.74) is -1.38. The maximum atomic E-state index is 13.9. The molecule has 1 unspecified atom stereocenters. The van der Waals surface area contributed by atoms with Crippen molar-refractivity contribution in [3.8, 4) is 0 Å². The number of carbonyl (C=O) groups is 2. The van der Waals surface area contributed by atoms with Gasteiger partial charge in [0.15, 0.2) is 5.78 Å². The minimum atomic E-state index is -4.65. The average molecular weight is 475 g/mol. The van der Waals surface area contributed by atoms with E-state index in [-0.39, 0.29) is 11.3 Å². The highest BCUT2D eigenvalue weighted by Crippen LogP contribution is 2.36. The first-order valence-corrected chi connectivity index (χ1v) is 10.3. The molecule has 172 valence electrons. The molecule has 2 aromatic carbocycles. The van der Waals surface area contributed by atoms with Gasteiger partial charge >= 0.3 is 6.18 Å². The van der Waals surface area contributed by atoms with Gasteiger partial charge in [0.05, 0.1) is 22.2 Å². The Bertz CT molecular complexity index is 1020. The van der Waals surface area contributed by atoms with E-state index in [1.807, 2.05) is 0 Å². The van der Waals surface area contributed by atoms with Gasteiger partial charge in [-0.25, -0.2) is 8.78 Å². The first-order chi connectivity index (χ1) is 15.0. The number of rotatable bonds is 5. The van der Waals surface area contributed by atoms with Crippen molar-refractivity contribution in [2.24, 2.45) is 5.92 Å². The van der Waals surface area contributed by atoms with Gasteiger partial charge in [-0.05, 0) is 69.3 Å². The highest BCUT2D eigenvalue weighted by molar-refractivity contribution is 6.31. The Morgan fingerprint density at radius 1 is 1.09 bits per heavy atom. The fourth-order valence-electron chi connectivity index (χ4n) is 3.69. The molecule has 32 heavy (non-hydrogen) atoms. The number of carbonyl (C=O) groups excluding carboxylic acids is 2. The monoisotopic (exact) mass is 474 g/mol. The molecule has 1 saturated heterocycles. The Kier molecular flexibility index (Phi) is 7.19. The number of likely N-dealkylation sites (tertiary alicyclic amines) is 1. The zero-order valence-corrected chi connectivity index (χ0v) is 17.7. The molecule has 0 spiro atoms. The fraction of sp³-hybridized carbons (Fsp3) is 0.364. The van der Waals surface area contributed by atoms with Crippen LogP contribution in [0.3, 0.4) is 0 Å². The van der Waals surface area contributed by atoms with Crippen LogP contribution in [0, 0.1) is 17.6 Å². The van der Waals surface area contributed by atoms with Gasteiger partial charge in [0.1, 0.15) is 11.6 Å². The number of Topliss-reactive ketones (excluding diaryl/α,β-unsaturated/α-hetero) is 1.